The Bertz CT molecular complexity index is 951. The molecule has 1 aromatic heterocycles. The number of aromatic nitrogens is 1. The molecule has 0 saturated carbocycles. The van der Waals surface area contributed by atoms with Crippen molar-refractivity contribution in [2.24, 2.45) is 5.41 Å². The summed E-state index contributed by atoms with van der Waals surface area (Å²) < 4.78 is 27.3. The molecule has 1 heterocycles. The zero-order valence-electron chi connectivity index (χ0n) is 15.6. The van der Waals surface area contributed by atoms with Crippen molar-refractivity contribution in [2.45, 2.75) is 52.4 Å². The van der Waals surface area contributed by atoms with E-state index in [1.54, 1.807) is 13.0 Å². The van der Waals surface area contributed by atoms with Crippen LogP contribution >= 0.6 is 0 Å². The quantitative estimate of drug-likeness (QED) is 0.902. The van der Waals surface area contributed by atoms with Gasteiger partial charge >= 0.3 is 0 Å². The number of aryl methyl sites for hydroxylation is 1. The third-order valence-corrected chi connectivity index (χ3v) is 7.26. The number of ketones is 1. The molecule has 1 aliphatic carbocycles. The lowest BCUT2D eigenvalue weighted by molar-refractivity contribution is 0.0913. The summed E-state index contributed by atoms with van der Waals surface area (Å²) in [5.41, 5.74) is 3.00. The fourth-order valence-electron chi connectivity index (χ4n) is 3.88. The van der Waals surface area contributed by atoms with Crippen LogP contribution in [-0.4, -0.2) is 36.6 Å². The van der Waals surface area contributed by atoms with Crippen molar-refractivity contribution in [1.29, 1.82) is 0 Å². The maximum Gasteiger partial charge on any atom is 0.243 e. The van der Waals surface area contributed by atoms with E-state index in [1.165, 1.54) is 4.31 Å². The average molecular weight is 362 g/mol. The topological polar surface area (TPSA) is 70.2 Å². The first-order chi connectivity index (χ1) is 11.6. The number of fused-ring (bicyclic) bond motifs is 3. The van der Waals surface area contributed by atoms with E-state index in [1.807, 2.05) is 19.9 Å². The first-order valence-electron chi connectivity index (χ1n) is 8.79. The molecule has 1 aliphatic rings. The summed E-state index contributed by atoms with van der Waals surface area (Å²) in [5, 5.41) is 0.839. The molecule has 0 atom stereocenters. The van der Waals surface area contributed by atoms with Crippen LogP contribution in [0.2, 0.25) is 0 Å². The van der Waals surface area contributed by atoms with Gasteiger partial charge in [-0.05, 0) is 36.5 Å². The average Bonchev–Trinajstić information content (AvgIpc) is 2.82. The van der Waals surface area contributed by atoms with E-state index >= 15 is 0 Å². The van der Waals surface area contributed by atoms with Crippen LogP contribution in [0.3, 0.4) is 0 Å². The molecule has 136 valence electrons. The second-order valence-electron chi connectivity index (χ2n) is 7.67. The smallest absolute Gasteiger partial charge is 0.243 e. The van der Waals surface area contributed by atoms with Gasteiger partial charge in [-0.25, -0.2) is 8.42 Å². The number of hydrogen-bond donors (Lipinski definition) is 1. The standard InChI is InChI=1S/C19H26N2O3S/c1-6-21(7-2)25(23,24)17-9-14-13(8-12(17)3)18-15(20-14)10-19(4,5)11-16(18)22/h8-9,20H,6-7,10-11H2,1-5H3. The molecule has 0 radical (unpaired) electrons. The third kappa shape index (κ3) is 2.91. The predicted molar refractivity (Wildman–Crippen MR) is 99.6 cm³/mol. The van der Waals surface area contributed by atoms with E-state index in [-0.39, 0.29) is 11.2 Å². The minimum Gasteiger partial charge on any atom is -0.358 e. The second kappa shape index (κ2) is 5.95. The molecule has 0 saturated heterocycles. The van der Waals surface area contributed by atoms with E-state index < -0.39 is 10.0 Å². The molecule has 0 aliphatic heterocycles. The number of carbonyl (C=O) groups excluding carboxylic acids is 1. The summed E-state index contributed by atoms with van der Waals surface area (Å²) in [7, 11) is -3.53. The molecule has 0 amide bonds. The monoisotopic (exact) mass is 362 g/mol. The first kappa shape index (κ1) is 18.1. The van der Waals surface area contributed by atoms with Gasteiger partial charge in [0.2, 0.25) is 10.0 Å². The number of rotatable bonds is 4. The van der Waals surface area contributed by atoms with Crippen LogP contribution in [-0.2, 0) is 16.4 Å². The molecule has 0 unspecified atom stereocenters. The molecule has 5 nitrogen and oxygen atoms in total. The van der Waals surface area contributed by atoms with Crippen LogP contribution in [0.4, 0.5) is 0 Å². The highest BCUT2D eigenvalue weighted by molar-refractivity contribution is 7.89. The Balaban J connectivity index is 2.21. The van der Waals surface area contributed by atoms with E-state index in [0.29, 0.717) is 30.0 Å². The fourth-order valence-corrected chi connectivity index (χ4v) is 5.57. The lowest BCUT2D eigenvalue weighted by Crippen LogP contribution is -2.31. The van der Waals surface area contributed by atoms with Gasteiger partial charge in [0.25, 0.3) is 0 Å². The molecule has 0 fully saturated rings. The van der Waals surface area contributed by atoms with E-state index in [2.05, 4.69) is 18.8 Å². The van der Waals surface area contributed by atoms with Crippen LogP contribution in [0.15, 0.2) is 17.0 Å². The highest BCUT2D eigenvalue weighted by atomic mass is 32.2. The summed E-state index contributed by atoms with van der Waals surface area (Å²) in [5.74, 6) is 0.135. The maximum atomic E-state index is 12.9. The molecule has 2 aromatic rings. The number of aromatic amines is 1. The van der Waals surface area contributed by atoms with Gasteiger partial charge < -0.3 is 4.98 Å². The minimum atomic E-state index is -3.53. The Labute approximate surface area is 149 Å². The Morgan fingerprint density at radius 3 is 2.40 bits per heavy atom. The highest BCUT2D eigenvalue weighted by Gasteiger charge is 2.34. The molecule has 1 aromatic carbocycles. The Hall–Kier alpha value is -1.66. The zero-order chi connectivity index (χ0) is 18.6. The van der Waals surface area contributed by atoms with Crippen molar-refractivity contribution < 1.29 is 13.2 Å². The van der Waals surface area contributed by atoms with E-state index in [0.717, 1.165) is 28.6 Å². The van der Waals surface area contributed by atoms with Gasteiger partial charge in [0, 0.05) is 41.7 Å². The van der Waals surface area contributed by atoms with E-state index in [9.17, 15) is 13.2 Å². The van der Waals surface area contributed by atoms with Crippen molar-refractivity contribution >= 4 is 26.7 Å². The molecule has 1 N–H and O–H groups in total. The second-order valence-corrected chi connectivity index (χ2v) is 9.58. The largest absolute Gasteiger partial charge is 0.358 e. The van der Waals surface area contributed by atoms with Crippen LogP contribution in [0.5, 0.6) is 0 Å². The SMILES string of the molecule is CCN(CC)S(=O)(=O)c1cc2[nH]c3c(c2cc1C)C(=O)CC(C)(C)C3. The predicted octanol–water partition coefficient (Wildman–Crippen LogP) is 3.66. The van der Waals surface area contributed by atoms with Gasteiger partial charge in [-0.2, -0.15) is 4.31 Å². The van der Waals surface area contributed by atoms with Gasteiger partial charge in [-0.15, -0.1) is 0 Å². The van der Waals surface area contributed by atoms with Crippen molar-refractivity contribution in [2.75, 3.05) is 13.1 Å². The van der Waals surface area contributed by atoms with Crippen molar-refractivity contribution in [3.05, 3.63) is 29.0 Å². The summed E-state index contributed by atoms with van der Waals surface area (Å²) in [4.78, 5) is 16.3. The summed E-state index contributed by atoms with van der Waals surface area (Å²) >= 11 is 0. The van der Waals surface area contributed by atoms with Gasteiger partial charge in [0.05, 0.1) is 4.90 Å². The zero-order valence-corrected chi connectivity index (χ0v) is 16.4. The van der Waals surface area contributed by atoms with Crippen molar-refractivity contribution in [1.82, 2.24) is 9.29 Å². The molecule has 6 heteroatoms. The lowest BCUT2D eigenvalue weighted by atomic mass is 9.76. The normalized spacial score (nSPS) is 17.3. The van der Waals surface area contributed by atoms with Crippen LogP contribution in [0.25, 0.3) is 10.9 Å². The van der Waals surface area contributed by atoms with Gasteiger partial charge in [0.15, 0.2) is 5.78 Å². The maximum absolute atomic E-state index is 12.9. The molecular formula is C19H26N2O3S. The fraction of sp³-hybridized carbons (Fsp3) is 0.526. The van der Waals surface area contributed by atoms with Gasteiger partial charge in [0.1, 0.15) is 0 Å². The van der Waals surface area contributed by atoms with Gasteiger partial charge in [-0.3, -0.25) is 4.79 Å². The molecule has 0 bridgehead atoms. The number of hydrogen-bond acceptors (Lipinski definition) is 3. The number of Topliss-reactive ketones (excluding diaryl/α,β-unsaturated/α-hetero) is 1. The van der Waals surface area contributed by atoms with Crippen LogP contribution in [0.1, 0.15) is 55.7 Å². The molecule has 3 rings (SSSR count). The van der Waals surface area contributed by atoms with E-state index in [4.69, 9.17) is 0 Å². The van der Waals surface area contributed by atoms with Crippen LogP contribution < -0.4 is 0 Å². The Morgan fingerprint density at radius 1 is 1.16 bits per heavy atom. The highest BCUT2D eigenvalue weighted by Crippen LogP contribution is 2.39. The Kier molecular flexibility index (Phi) is 4.32. The first-order valence-corrected chi connectivity index (χ1v) is 10.2. The summed E-state index contributed by atoms with van der Waals surface area (Å²) in [6, 6.07) is 3.54. The van der Waals surface area contributed by atoms with Gasteiger partial charge in [-0.1, -0.05) is 27.7 Å². The number of nitrogens with one attached hydrogen (secondary N) is 1. The van der Waals surface area contributed by atoms with Crippen molar-refractivity contribution in [3.63, 3.8) is 0 Å². The molecular weight excluding hydrogens is 336 g/mol. The number of H-pyrrole nitrogens is 1. The molecule has 0 spiro atoms. The van der Waals surface area contributed by atoms with Crippen LogP contribution in [0, 0.1) is 12.3 Å². The summed E-state index contributed by atoms with van der Waals surface area (Å²) in [6.07, 6.45) is 1.31. The third-order valence-electron chi connectivity index (χ3n) is 5.07. The lowest BCUT2D eigenvalue weighted by Gasteiger charge is -2.28. The number of sulfonamides is 1. The van der Waals surface area contributed by atoms with Crippen molar-refractivity contribution in [3.8, 4) is 0 Å². The Morgan fingerprint density at radius 2 is 1.80 bits per heavy atom. The number of benzene rings is 1. The summed E-state index contributed by atoms with van der Waals surface area (Å²) in [6.45, 7) is 10.5. The number of nitrogens with zero attached hydrogens (tertiary/aromatic N) is 1. The number of carbonyl (C=O) groups is 1. The molecule has 25 heavy (non-hydrogen) atoms. The minimum absolute atomic E-state index is 0.0733.